The van der Waals surface area contributed by atoms with Crippen molar-refractivity contribution in [1.29, 1.82) is 0 Å². The van der Waals surface area contributed by atoms with Gasteiger partial charge in [0.15, 0.2) is 0 Å². The molecule has 0 unspecified atom stereocenters. The van der Waals surface area contributed by atoms with Crippen LogP contribution in [0, 0.1) is 0 Å². The van der Waals surface area contributed by atoms with E-state index in [0.29, 0.717) is 6.61 Å². The molecule has 1 fully saturated rings. The number of piperazine rings is 1. The molecule has 0 aromatic heterocycles. The lowest BCUT2D eigenvalue weighted by molar-refractivity contribution is 0.153. The molecule has 2 aromatic rings. The normalized spacial score (nSPS) is 15.8. The van der Waals surface area contributed by atoms with Crippen molar-refractivity contribution in [2.45, 2.75) is 19.4 Å². The van der Waals surface area contributed by atoms with E-state index in [2.05, 4.69) is 35.0 Å². The molecule has 0 bridgehead atoms. The molecular formula is C22H30N2O2. The largest absolute Gasteiger partial charge is 0.497 e. The van der Waals surface area contributed by atoms with Crippen LogP contribution >= 0.6 is 0 Å². The lowest BCUT2D eigenvalue weighted by Gasteiger charge is -2.32. The Morgan fingerprint density at radius 2 is 1.73 bits per heavy atom. The van der Waals surface area contributed by atoms with E-state index in [4.69, 9.17) is 9.47 Å². The zero-order valence-electron chi connectivity index (χ0n) is 16.0. The minimum absolute atomic E-state index is 0.583. The highest BCUT2D eigenvalue weighted by atomic mass is 16.5. The Kier molecular flexibility index (Phi) is 6.92. The summed E-state index contributed by atoms with van der Waals surface area (Å²) in [6, 6.07) is 16.5. The molecule has 0 saturated carbocycles. The van der Waals surface area contributed by atoms with Gasteiger partial charge < -0.3 is 19.3 Å². The Balaban J connectivity index is 1.57. The number of benzene rings is 2. The fourth-order valence-electron chi connectivity index (χ4n) is 3.30. The SMILES string of the molecule is COc1ccc(CCCN2CCN(C)CC2)c(OCc2ccccc2)c1. The number of ether oxygens (including phenoxy) is 2. The van der Waals surface area contributed by atoms with Crippen molar-refractivity contribution in [1.82, 2.24) is 9.80 Å². The molecule has 4 nitrogen and oxygen atoms in total. The smallest absolute Gasteiger partial charge is 0.126 e. The number of hydrogen-bond acceptors (Lipinski definition) is 4. The van der Waals surface area contributed by atoms with E-state index in [1.165, 1.54) is 37.3 Å². The van der Waals surface area contributed by atoms with Gasteiger partial charge in [0.05, 0.1) is 7.11 Å². The topological polar surface area (TPSA) is 24.9 Å². The molecule has 4 heteroatoms. The van der Waals surface area contributed by atoms with Gasteiger partial charge in [-0.15, -0.1) is 0 Å². The van der Waals surface area contributed by atoms with E-state index < -0.39 is 0 Å². The monoisotopic (exact) mass is 354 g/mol. The quantitative estimate of drug-likeness (QED) is 0.725. The zero-order chi connectivity index (χ0) is 18.2. The predicted octanol–water partition coefficient (Wildman–Crippen LogP) is 3.45. The summed E-state index contributed by atoms with van der Waals surface area (Å²) in [4.78, 5) is 4.96. The Morgan fingerprint density at radius 1 is 0.962 bits per heavy atom. The van der Waals surface area contributed by atoms with Crippen LogP contribution in [0.3, 0.4) is 0 Å². The van der Waals surface area contributed by atoms with Gasteiger partial charge in [0.2, 0.25) is 0 Å². The molecule has 3 rings (SSSR count). The number of hydrogen-bond donors (Lipinski definition) is 0. The zero-order valence-corrected chi connectivity index (χ0v) is 16.0. The van der Waals surface area contributed by atoms with Crippen molar-refractivity contribution >= 4 is 0 Å². The second-order valence-electron chi connectivity index (χ2n) is 7.00. The first kappa shape index (κ1) is 18.7. The van der Waals surface area contributed by atoms with Crippen LogP contribution in [0.1, 0.15) is 17.5 Å². The lowest BCUT2D eigenvalue weighted by atomic mass is 10.1. The van der Waals surface area contributed by atoms with Crippen LogP contribution in [0.2, 0.25) is 0 Å². The van der Waals surface area contributed by atoms with Gasteiger partial charge in [-0.05, 0) is 43.6 Å². The summed E-state index contributed by atoms with van der Waals surface area (Å²) < 4.78 is 11.5. The van der Waals surface area contributed by atoms with E-state index in [1.807, 2.05) is 30.3 Å². The highest BCUT2D eigenvalue weighted by molar-refractivity contribution is 5.41. The molecule has 0 aliphatic carbocycles. The van der Waals surface area contributed by atoms with Crippen molar-refractivity contribution < 1.29 is 9.47 Å². The number of rotatable bonds is 8. The third-order valence-electron chi connectivity index (χ3n) is 5.03. The van der Waals surface area contributed by atoms with Gasteiger partial charge >= 0.3 is 0 Å². The van der Waals surface area contributed by atoms with E-state index in [1.54, 1.807) is 7.11 Å². The van der Waals surface area contributed by atoms with Crippen molar-refractivity contribution in [3.8, 4) is 11.5 Å². The average Bonchev–Trinajstić information content (AvgIpc) is 2.69. The van der Waals surface area contributed by atoms with Crippen molar-refractivity contribution in [3.05, 3.63) is 59.7 Å². The molecule has 1 aliphatic rings. The number of methoxy groups -OCH3 is 1. The summed E-state index contributed by atoms with van der Waals surface area (Å²) >= 11 is 0. The van der Waals surface area contributed by atoms with E-state index in [-0.39, 0.29) is 0 Å². The van der Waals surface area contributed by atoms with Crippen LogP contribution in [-0.2, 0) is 13.0 Å². The maximum atomic E-state index is 6.12. The molecule has 26 heavy (non-hydrogen) atoms. The molecule has 2 aromatic carbocycles. The summed E-state index contributed by atoms with van der Waals surface area (Å²) in [7, 11) is 3.90. The number of likely N-dealkylation sites (N-methyl/N-ethyl adjacent to an activating group) is 1. The Hall–Kier alpha value is -2.04. The number of aryl methyl sites for hydroxylation is 1. The van der Waals surface area contributed by atoms with Crippen LogP contribution in [0.4, 0.5) is 0 Å². The van der Waals surface area contributed by atoms with Gasteiger partial charge in [-0.2, -0.15) is 0 Å². The fourth-order valence-corrected chi connectivity index (χ4v) is 3.30. The van der Waals surface area contributed by atoms with Gasteiger partial charge in [0, 0.05) is 32.2 Å². The van der Waals surface area contributed by atoms with Crippen LogP contribution < -0.4 is 9.47 Å². The van der Waals surface area contributed by atoms with Gasteiger partial charge in [-0.25, -0.2) is 0 Å². The minimum atomic E-state index is 0.583. The minimum Gasteiger partial charge on any atom is -0.497 e. The summed E-state index contributed by atoms with van der Waals surface area (Å²) in [5, 5.41) is 0. The molecule has 1 heterocycles. The maximum absolute atomic E-state index is 6.12. The first-order chi connectivity index (χ1) is 12.7. The molecule has 0 amide bonds. The molecule has 1 aliphatic heterocycles. The molecule has 140 valence electrons. The van der Waals surface area contributed by atoms with E-state index in [0.717, 1.165) is 30.9 Å². The molecule has 1 saturated heterocycles. The Labute approximate surface area is 157 Å². The number of nitrogens with zero attached hydrogens (tertiary/aromatic N) is 2. The van der Waals surface area contributed by atoms with Crippen LogP contribution in [0.5, 0.6) is 11.5 Å². The van der Waals surface area contributed by atoms with Gasteiger partial charge in [-0.1, -0.05) is 36.4 Å². The molecule has 0 spiro atoms. The maximum Gasteiger partial charge on any atom is 0.126 e. The lowest BCUT2D eigenvalue weighted by Crippen LogP contribution is -2.44. The highest BCUT2D eigenvalue weighted by Gasteiger charge is 2.13. The molecule has 0 N–H and O–H groups in total. The average molecular weight is 354 g/mol. The van der Waals surface area contributed by atoms with E-state index >= 15 is 0 Å². The van der Waals surface area contributed by atoms with Gasteiger partial charge in [-0.3, -0.25) is 0 Å². The standard InChI is InChI=1S/C22H30N2O2/c1-23-13-15-24(16-14-23)12-6-9-20-10-11-21(25-2)17-22(20)26-18-19-7-4-3-5-8-19/h3-5,7-8,10-11,17H,6,9,12-16,18H2,1-2H3. The molecule has 0 radical (unpaired) electrons. The first-order valence-electron chi connectivity index (χ1n) is 9.49. The highest BCUT2D eigenvalue weighted by Crippen LogP contribution is 2.27. The van der Waals surface area contributed by atoms with Crippen molar-refractivity contribution in [3.63, 3.8) is 0 Å². The van der Waals surface area contributed by atoms with Crippen molar-refractivity contribution in [2.24, 2.45) is 0 Å². The van der Waals surface area contributed by atoms with Crippen LogP contribution in [0.15, 0.2) is 48.5 Å². The Bertz CT molecular complexity index is 667. The second kappa shape index (κ2) is 9.60. The third kappa shape index (κ3) is 5.48. The van der Waals surface area contributed by atoms with Crippen LogP contribution in [-0.4, -0.2) is 56.7 Å². The van der Waals surface area contributed by atoms with Gasteiger partial charge in [0.1, 0.15) is 18.1 Å². The van der Waals surface area contributed by atoms with Crippen LogP contribution in [0.25, 0.3) is 0 Å². The summed E-state index contributed by atoms with van der Waals surface area (Å²) in [6.45, 7) is 6.44. The fraction of sp³-hybridized carbons (Fsp3) is 0.455. The van der Waals surface area contributed by atoms with E-state index in [9.17, 15) is 0 Å². The third-order valence-corrected chi connectivity index (χ3v) is 5.03. The van der Waals surface area contributed by atoms with Crippen molar-refractivity contribution in [2.75, 3.05) is 46.9 Å². The molecule has 0 atom stereocenters. The van der Waals surface area contributed by atoms with Gasteiger partial charge in [0.25, 0.3) is 0 Å². The summed E-state index contributed by atoms with van der Waals surface area (Å²) in [6.07, 6.45) is 2.18. The molecular weight excluding hydrogens is 324 g/mol. The second-order valence-corrected chi connectivity index (χ2v) is 7.00. The summed E-state index contributed by atoms with van der Waals surface area (Å²) in [5.74, 6) is 1.78. The predicted molar refractivity (Wildman–Crippen MR) is 106 cm³/mol. The summed E-state index contributed by atoms with van der Waals surface area (Å²) in [5.41, 5.74) is 2.44. The first-order valence-corrected chi connectivity index (χ1v) is 9.49. The Morgan fingerprint density at radius 3 is 2.46 bits per heavy atom.